The largest absolute Gasteiger partial charge is 0.449 e. The van der Waals surface area contributed by atoms with Gasteiger partial charge in [0.15, 0.2) is 5.82 Å². The number of benzene rings is 2. The number of carbonyl (C=O) groups is 3. The second-order valence-corrected chi connectivity index (χ2v) is 13.7. The first kappa shape index (κ1) is 35.9. The molecule has 0 bridgehead atoms. The van der Waals surface area contributed by atoms with Crippen molar-refractivity contribution in [2.75, 3.05) is 57.9 Å². The van der Waals surface area contributed by atoms with Crippen molar-refractivity contribution in [1.82, 2.24) is 25.1 Å². The van der Waals surface area contributed by atoms with E-state index in [1.807, 2.05) is 42.2 Å². The molecule has 0 aliphatic carbocycles. The Labute approximate surface area is 285 Å². The molecule has 0 spiro atoms. The summed E-state index contributed by atoms with van der Waals surface area (Å²) in [7, 11) is -2.80. The normalized spacial score (nSPS) is 17.1. The number of hydrogen-bond acceptors (Lipinski definition) is 9. The van der Waals surface area contributed by atoms with Gasteiger partial charge in [-0.1, -0.05) is 55.8 Å². The quantitative estimate of drug-likeness (QED) is 0.188. The summed E-state index contributed by atoms with van der Waals surface area (Å²) in [5.41, 5.74) is 1.40. The summed E-state index contributed by atoms with van der Waals surface area (Å²) in [5.74, 6) is -0.00327. The van der Waals surface area contributed by atoms with Gasteiger partial charge in [0.2, 0.25) is 5.91 Å². The minimum atomic E-state index is -4.46. The third kappa shape index (κ3) is 9.42. The summed E-state index contributed by atoms with van der Waals surface area (Å²) in [5, 5.41) is 2.74. The zero-order chi connectivity index (χ0) is 35.0. The molecule has 0 radical (unpaired) electrons. The molecule has 5 rings (SSSR count). The average molecular weight is 695 g/mol. The number of nitrogens with zero attached hydrogens (tertiary/aromatic N) is 5. The number of aromatic nitrogens is 2. The van der Waals surface area contributed by atoms with E-state index in [1.165, 1.54) is 24.3 Å². The summed E-state index contributed by atoms with van der Waals surface area (Å²) in [6.07, 6.45) is 2.15. The molecule has 2 saturated heterocycles. The van der Waals surface area contributed by atoms with Crippen LogP contribution in [0.5, 0.6) is 0 Å². The highest BCUT2D eigenvalue weighted by atomic mass is 31.2. The maximum absolute atomic E-state index is 14.0. The van der Waals surface area contributed by atoms with E-state index in [4.69, 9.17) is 14.5 Å². The number of piperazine rings is 1. The van der Waals surface area contributed by atoms with Gasteiger partial charge < -0.3 is 39.3 Å². The highest BCUT2D eigenvalue weighted by Gasteiger charge is 2.32. The van der Waals surface area contributed by atoms with Gasteiger partial charge in [-0.05, 0) is 30.5 Å². The van der Waals surface area contributed by atoms with Crippen LogP contribution in [0.2, 0.25) is 0 Å². The van der Waals surface area contributed by atoms with Crippen LogP contribution in [0.1, 0.15) is 42.2 Å². The van der Waals surface area contributed by atoms with Crippen LogP contribution in [0.3, 0.4) is 0 Å². The van der Waals surface area contributed by atoms with E-state index >= 15 is 0 Å². The highest BCUT2D eigenvalue weighted by molar-refractivity contribution is 7.60. The third-order valence-electron chi connectivity index (χ3n) is 8.67. The topological polar surface area (TPSA) is 175 Å². The monoisotopic (exact) mass is 694 g/mol. The number of methoxy groups -OCH3 is 1. The summed E-state index contributed by atoms with van der Waals surface area (Å²) in [4.78, 5) is 74.1. The second-order valence-electron chi connectivity index (χ2n) is 12.1. The standard InChI is InChI=1S/C34H43N6O8P/c1-3-4-20-48-34(43)39-18-16-38(17-19-39)33(42)29(21-24-10-12-27(13-11-24)49(44,45)46)36-32(41)28-22-30(40-15-14-26(23-40)47-2)37-31(35-28)25-8-6-5-7-9-25/h5-13,22,26,29H,3-4,14-21,23H2,1-2H3,(H,36,41)(H2,44,45,46). The van der Waals surface area contributed by atoms with E-state index in [-0.39, 0.29) is 55.6 Å². The molecule has 2 atom stereocenters. The van der Waals surface area contributed by atoms with Crippen molar-refractivity contribution in [1.29, 1.82) is 0 Å². The molecule has 2 aromatic carbocycles. The van der Waals surface area contributed by atoms with Crippen molar-refractivity contribution in [2.45, 2.75) is 44.8 Å². The fourth-order valence-electron chi connectivity index (χ4n) is 5.78. The molecule has 2 aliphatic heterocycles. The zero-order valence-corrected chi connectivity index (χ0v) is 28.6. The minimum absolute atomic E-state index is 0.0324. The molecular formula is C34H43N6O8P. The lowest BCUT2D eigenvalue weighted by atomic mass is 10.0. The number of hydrogen-bond donors (Lipinski definition) is 3. The second kappa shape index (κ2) is 16.4. The summed E-state index contributed by atoms with van der Waals surface area (Å²) >= 11 is 0. The Hall–Kier alpha value is -4.36. The van der Waals surface area contributed by atoms with Gasteiger partial charge in [0.1, 0.15) is 17.6 Å². The van der Waals surface area contributed by atoms with Crippen LogP contribution in [-0.2, 0) is 25.3 Å². The van der Waals surface area contributed by atoms with Crippen LogP contribution in [-0.4, -0.2) is 113 Å². The Morgan fingerprint density at radius 3 is 2.31 bits per heavy atom. The highest BCUT2D eigenvalue weighted by Crippen LogP contribution is 2.33. The van der Waals surface area contributed by atoms with Gasteiger partial charge in [-0.3, -0.25) is 14.2 Å². The van der Waals surface area contributed by atoms with E-state index < -0.39 is 25.6 Å². The lowest BCUT2D eigenvalue weighted by Gasteiger charge is -2.36. The van der Waals surface area contributed by atoms with Gasteiger partial charge in [-0.15, -0.1) is 0 Å². The number of nitrogens with one attached hydrogen (secondary N) is 1. The zero-order valence-electron chi connectivity index (χ0n) is 27.7. The first-order valence-electron chi connectivity index (χ1n) is 16.4. The average Bonchev–Trinajstić information content (AvgIpc) is 3.61. The molecule has 3 aromatic rings. The Bertz CT molecular complexity index is 1650. The molecule has 2 unspecified atom stereocenters. The van der Waals surface area contributed by atoms with Crippen molar-refractivity contribution in [3.63, 3.8) is 0 Å². The van der Waals surface area contributed by atoms with Gasteiger partial charge in [-0.2, -0.15) is 0 Å². The predicted octanol–water partition coefficient (Wildman–Crippen LogP) is 2.59. The van der Waals surface area contributed by atoms with E-state index in [2.05, 4.69) is 10.3 Å². The first-order valence-corrected chi connectivity index (χ1v) is 18.1. The molecule has 3 amide bonds. The van der Waals surface area contributed by atoms with Crippen LogP contribution in [0.25, 0.3) is 11.4 Å². The molecular weight excluding hydrogens is 651 g/mol. The molecule has 3 N–H and O–H groups in total. The molecule has 49 heavy (non-hydrogen) atoms. The fourth-order valence-corrected chi connectivity index (χ4v) is 6.31. The Morgan fingerprint density at radius 1 is 0.980 bits per heavy atom. The number of unbranched alkanes of at least 4 members (excludes halogenated alkanes) is 1. The number of rotatable bonds is 12. The van der Waals surface area contributed by atoms with Crippen molar-refractivity contribution in [3.05, 3.63) is 71.9 Å². The maximum Gasteiger partial charge on any atom is 0.409 e. The first-order chi connectivity index (χ1) is 23.5. The SMILES string of the molecule is CCCCOC(=O)N1CCN(C(=O)C(Cc2ccc(P(=O)(O)O)cc2)NC(=O)c2cc(N3CCC(OC)C3)nc(-c3ccccc3)n2)CC1. The van der Waals surface area contributed by atoms with E-state index in [9.17, 15) is 28.7 Å². The summed E-state index contributed by atoms with van der Waals surface area (Å²) in [6.45, 7) is 4.69. The molecule has 1 aromatic heterocycles. The third-order valence-corrected chi connectivity index (χ3v) is 9.64. The Morgan fingerprint density at radius 2 is 1.67 bits per heavy atom. The van der Waals surface area contributed by atoms with Gasteiger partial charge in [0, 0.05) is 64.4 Å². The van der Waals surface area contributed by atoms with Crippen molar-refractivity contribution < 1.29 is 38.2 Å². The molecule has 0 saturated carbocycles. The number of anilines is 1. The van der Waals surface area contributed by atoms with Crippen molar-refractivity contribution in [2.24, 2.45) is 0 Å². The Kier molecular flexibility index (Phi) is 12.0. The van der Waals surface area contributed by atoms with Crippen LogP contribution < -0.4 is 15.5 Å². The van der Waals surface area contributed by atoms with Gasteiger partial charge in [0.25, 0.3) is 5.91 Å². The molecule has 14 nitrogen and oxygen atoms in total. The number of carbonyl (C=O) groups excluding carboxylic acids is 3. The van der Waals surface area contributed by atoms with Crippen LogP contribution in [0.15, 0.2) is 60.7 Å². The van der Waals surface area contributed by atoms with E-state index in [1.54, 1.807) is 23.0 Å². The minimum Gasteiger partial charge on any atom is -0.449 e. The van der Waals surface area contributed by atoms with Crippen LogP contribution in [0, 0.1) is 0 Å². The van der Waals surface area contributed by atoms with Gasteiger partial charge in [0.05, 0.1) is 18.0 Å². The number of amides is 3. The molecule has 262 valence electrons. The molecule has 15 heteroatoms. The lowest BCUT2D eigenvalue weighted by Crippen LogP contribution is -2.56. The summed E-state index contributed by atoms with van der Waals surface area (Å²) in [6, 6.07) is 15.6. The smallest absolute Gasteiger partial charge is 0.409 e. The van der Waals surface area contributed by atoms with E-state index in [0.29, 0.717) is 36.9 Å². The number of ether oxygens (including phenoxy) is 2. The van der Waals surface area contributed by atoms with Crippen molar-refractivity contribution >= 4 is 36.6 Å². The van der Waals surface area contributed by atoms with E-state index in [0.717, 1.165) is 24.8 Å². The van der Waals surface area contributed by atoms with Crippen LogP contribution in [0.4, 0.5) is 10.6 Å². The predicted molar refractivity (Wildman–Crippen MR) is 183 cm³/mol. The molecule has 2 aliphatic rings. The lowest BCUT2D eigenvalue weighted by molar-refractivity contribution is -0.134. The summed E-state index contributed by atoms with van der Waals surface area (Å²) < 4.78 is 22.6. The maximum atomic E-state index is 14.0. The molecule has 3 heterocycles. The van der Waals surface area contributed by atoms with Gasteiger partial charge in [-0.25, -0.2) is 14.8 Å². The van der Waals surface area contributed by atoms with Crippen LogP contribution >= 0.6 is 7.60 Å². The molecule has 2 fully saturated rings. The van der Waals surface area contributed by atoms with Gasteiger partial charge >= 0.3 is 13.7 Å². The van der Waals surface area contributed by atoms with Crippen molar-refractivity contribution in [3.8, 4) is 11.4 Å². The fraction of sp³-hybridized carbons (Fsp3) is 0.441. The Balaban J connectivity index is 1.39.